The Bertz CT molecular complexity index is 723. The summed E-state index contributed by atoms with van der Waals surface area (Å²) in [4.78, 5) is 5.02. The van der Waals surface area contributed by atoms with Crippen molar-refractivity contribution >= 4 is 33.8 Å². The fourth-order valence-corrected chi connectivity index (χ4v) is 2.19. The Morgan fingerprint density at radius 3 is 2.63 bits per heavy atom. The first kappa shape index (κ1) is 11.8. The van der Waals surface area contributed by atoms with E-state index in [1.165, 1.54) is 0 Å². The second-order valence-electron chi connectivity index (χ2n) is 4.23. The summed E-state index contributed by atoms with van der Waals surface area (Å²) >= 11 is 5.43. The van der Waals surface area contributed by atoms with Crippen LogP contribution in [0.2, 0.25) is 0 Å². The first-order valence-corrected chi connectivity index (χ1v) is 6.45. The van der Waals surface area contributed by atoms with Gasteiger partial charge in [0, 0.05) is 22.8 Å². The number of rotatable bonds is 2. The topological polar surface area (TPSA) is 24.9 Å². The normalized spacial score (nSPS) is 10.3. The van der Waals surface area contributed by atoms with Gasteiger partial charge >= 0.3 is 0 Å². The SMILES string of the molecule is S=C(Nc1ccccc1)c1ccc2ncccc2c1. The number of fused-ring (bicyclic) bond motifs is 1. The molecule has 0 atom stereocenters. The van der Waals surface area contributed by atoms with Gasteiger partial charge in [-0.2, -0.15) is 0 Å². The highest BCUT2D eigenvalue weighted by molar-refractivity contribution is 7.81. The lowest BCUT2D eigenvalue weighted by atomic mass is 10.1. The van der Waals surface area contributed by atoms with Gasteiger partial charge in [-0.3, -0.25) is 4.98 Å². The van der Waals surface area contributed by atoms with Gasteiger partial charge in [-0.15, -0.1) is 0 Å². The molecule has 0 unspecified atom stereocenters. The van der Waals surface area contributed by atoms with Gasteiger partial charge in [-0.1, -0.05) is 36.5 Å². The molecule has 0 spiro atoms. The molecule has 1 aromatic heterocycles. The predicted octanol–water partition coefficient (Wildman–Crippen LogP) is 4.02. The summed E-state index contributed by atoms with van der Waals surface area (Å²) in [6.07, 6.45) is 1.79. The molecule has 3 heteroatoms. The average Bonchev–Trinajstić information content (AvgIpc) is 2.48. The van der Waals surface area contributed by atoms with E-state index in [1.54, 1.807) is 6.20 Å². The maximum Gasteiger partial charge on any atom is 0.111 e. The molecule has 19 heavy (non-hydrogen) atoms. The lowest BCUT2D eigenvalue weighted by Gasteiger charge is -2.08. The third kappa shape index (κ3) is 2.61. The number of nitrogens with zero attached hydrogens (tertiary/aromatic N) is 1. The molecule has 1 heterocycles. The van der Waals surface area contributed by atoms with E-state index in [0.717, 1.165) is 27.1 Å². The Kier molecular flexibility index (Phi) is 3.21. The molecule has 0 saturated carbocycles. The number of benzene rings is 2. The monoisotopic (exact) mass is 264 g/mol. The van der Waals surface area contributed by atoms with Crippen molar-refractivity contribution in [1.82, 2.24) is 4.98 Å². The number of hydrogen-bond donors (Lipinski definition) is 1. The number of hydrogen-bond acceptors (Lipinski definition) is 2. The summed E-state index contributed by atoms with van der Waals surface area (Å²) in [6.45, 7) is 0. The zero-order valence-electron chi connectivity index (χ0n) is 10.2. The Hall–Kier alpha value is -2.26. The third-order valence-electron chi connectivity index (χ3n) is 2.90. The van der Waals surface area contributed by atoms with Crippen molar-refractivity contribution < 1.29 is 0 Å². The molecule has 3 rings (SSSR count). The lowest BCUT2D eigenvalue weighted by Crippen LogP contribution is -2.10. The lowest BCUT2D eigenvalue weighted by molar-refractivity contribution is 1.41. The van der Waals surface area contributed by atoms with Gasteiger partial charge in [-0.05, 0) is 36.4 Å². The van der Waals surface area contributed by atoms with Crippen LogP contribution in [0.1, 0.15) is 5.56 Å². The summed E-state index contributed by atoms with van der Waals surface area (Å²) in [5, 5.41) is 4.33. The van der Waals surface area contributed by atoms with Crippen LogP contribution in [0.25, 0.3) is 10.9 Å². The Morgan fingerprint density at radius 1 is 0.947 bits per heavy atom. The molecule has 1 N–H and O–H groups in total. The van der Waals surface area contributed by atoms with E-state index in [1.807, 2.05) is 54.6 Å². The van der Waals surface area contributed by atoms with Crippen LogP contribution in [-0.4, -0.2) is 9.97 Å². The molecule has 92 valence electrons. The highest BCUT2D eigenvalue weighted by atomic mass is 32.1. The van der Waals surface area contributed by atoms with Crippen molar-refractivity contribution in [3.8, 4) is 0 Å². The van der Waals surface area contributed by atoms with Crippen LogP contribution in [0.4, 0.5) is 5.69 Å². The molecular weight excluding hydrogens is 252 g/mol. The van der Waals surface area contributed by atoms with Gasteiger partial charge in [0.15, 0.2) is 0 Å². The van der Waals surface area contributed by atoms with Crippen molar-refractivity contribution in [2.45, 2.75) is 0 Å². The van der Waals surface area contributed by atoms with Crippen LogP contribution < -0.4 is 5.32 Å². The van der Waals surface area contributed by atoms with Gasteiger partial charge in [0.1, 0.15) is 4.99 Å². The molecule has 2 aromatic carbocycles. The summed E-state index contributed by atoms with van der Waals surface area (Å²) < 4.78 is 0. The highest BCUT2D eigenvalue weighted by Gasteiger charge is 2.03. The minimum absolute atomic E-state index is 0.719. The van der Waals surface area contributed by atoms with Gasteiger partial charge in [0.2, 0.25) is 0 Å². The number of para-hydroxylation sites is 1. The smallest absolute Gasteiger partial charge is 0.111 e. The molecular formula is C16H12N2S. The summed E-state index contributed by atoms with van der Waals surface area (Å²) in [5.74, 6) is 0. The van der Waals surface area contributed by atoms with Crippen molar-refractivity contribution in [2.24, 2.45) is 0 Å². The van der Waals surface area contributed by atoms with Crippen molar-refractivity contribution in [3.05, 3.63) is 72.4 Å². The maximum absolute atomic E-state index is 5.43. The first-order chi connectivity index (χ1) is 9.33. The van der Waals surface area contributed by atoms with Crippen molar-refractivity contribution in [2.75, 3.05) is 5.32 Å². The number of pyridine rings is 1. The molecule has 0 radical (unpaired) electrons. The molecule has 3 aromatic rings. The summed E-state index contributed by atoms with van der Waals surface area (Å²) in [6, 6.07) is 19.9. The second-order valence-corrected chi connectivity index (χ2v) is 4.64. The Morgan fingerprint density at radius 2 is 1.79 bits per heavy atom. The van der Waals surface area contributed by atoms with E-state index >= 15 is 0 Å². The summed E-state index contributed by atoms with van der Waals surface area (Å²) in [7, 11) is 0. The zero-order chi connectivity index (χ0) is 13.1. The molecule has 0 aliphatic rings. The van der Waals surface area contributed by atoms with Crippen LogP contribution in [0, 0.1) is 0 Å². The standard InChI is InChI=1S/C16H12N2S/c19-16(18-14-6-2-1-3-7-14)13-8-9-15-12(11-13)5-4-10-17-15/h1-11H,(H,18,19). The Balaban J connectivity index is 1.89. The van der Waals surface area contributed by atoms with Crippen LogP contribution in [0.3, 0.4) is 0 Å². The molecule has 0 aliphatic heterocycles. The number of thiocarbonyl (C=S) groups is 1. The van der Waals surface area contributed by atoms with E-state index in [2.05, 4.69) is 16.4 Å². The Labute approximate surface area is 117 Å². The average molecular weight is 264 g/mol. The van der Waals surface area contributed by atoms with E-state index in [-0.39, 0.29) is 0 Å². The van der Waals surface area contributed by atoms with E-state index in [4.69, 9.17) is 12.2 Å². The second kappa shape index (κ2) is 5.16. The van der Waals surface area contributed by atoms with Crippen LogP contribution >= 0.6 is 12.2 Å². The fraction of sp³-hybridized carbons (Fsp3) is 0. The van der Waals surface area contributed by atoms with Crippen LogP contribution in [0.15, 0.2) is 66.9 Å². The molecule has 0 aliphatic carbocycles. The van der Waals surface area contributed by atoms with E-state index < -0.39 is 0 Å². The van der Waals surface area contributed by atoms with Crippen molar-refractivity contribution in [1.29, 1.82) is 0 Å². The minimum atomic E-state index is 0.719. The molecule has 0 fully saturated rings. The minimum Gasteiger partial charge on any atom is -0.346 e. The van der Waals surface area contributed by atoms with Gasteiger partial charge in [-0.25, -0.2) is 0 Å². The number of anilines is 1. The maximum atomic E-state index is 5.43. The van der Waals surface area contributed by atoms with Crippen molar-refractivity contribution in [3.63, 3.8) is 0 Å². The first-order valence-electron chi connectivity index (χ1n) is 6.04. The predicted molar refractivity (Wildman–Crippen MR) is 83.5 cm³/mol. The van der Waals surface area contributed by atoms with Gasteiger partial charge in [0.05, 0.1) is 5.52 Å². The number of aromatic nitrogens is 1. The molecule has 0 amide bonds. The highest BCUT2D eigenvalue weighted by Crippen LogP contribution is 2.15. The molecule has 2 nitrogen and oxygen atoms in total. The quantitative estimate of drug-likeness (QED) is 0.708. The van der Waals surface area contributed by atoms with E-state index in [0.29, 0.717) is 0 Å². The van der Waals surface area contributed by atoms with Crippen LogP contribution in [0.5, 0.6) is 0 Å². The van der Waals surface area contributed by atoms with Crippen LogP contribution in [-0.2, 0) is 0 Å². The zero-order valence-corrected chi connectivity index (χ0v) is 11.0. The molecule has 0 bridgehead atoms. The van der Waals surface area contributed by atoms with Gasteiger partial charge in [0.25, 0.3) is 0 Å². The molecule has 0 saturated heterocycles. The van der Waals surface area contributed by atoms with E-state index in [9.17, 15) is 0 Å². The third-order valence-corrected chi connectivity index (χ3v) is 3.23. The summed E-state index contributed by atoms with van der Waals surface area (Å²) in [5.41, 5.74) is 2.98. The number of nitrogens with one attached hydrogen (secondary N) is 1. The largest absolute Gasteiger partial charge is 0.346 e. The fourth-order valence-electron chi connectivity index (χ4n) is 1.94. The van der Waals surface area contributed by atoms with Gasteiger partial charge < -0.3 is 5.32 Å².